The molecule has 5 heteroatoms. The van der Waals surface area contributed by atoms with Crippen molar-refractivity contribution in [2.24, 2.45) is 5.10 Å². The van der Waals surface area contributed by atoms with E-state index >= 15 is 0 Å². The van der Waals surface area contributed by atoms with Gasteiger partial charge in [-0.1, -0.05) is 36.4 Å². The lowest BCUT2D eigenvalue weighted by atomic mass is 10.1. The first kappa shape index (κ1) is 13.8. The average molecular weight is 299 g/mol. The molecule has 3 rings (SSSR count). The molecule has 0 radical (unpaired) electrons. The van der Waals surface area contributed by atoms with Gasteiger partial charge in [-0.25, -0.2) is 0 Å². The predicted molar refractivity (Wildman–Crippen MR) is 85.3 cm³/mol. The molecule has 1 atom stereocenters. The van der Waals surface area contributed by atoms with Gasteiger partial charge in [0.05, 0.1) is 0 Å². The summed E-state index contributed by atoms with van der Waals surface area (Å²) in [5.41, 5.74) is 4.11. The van der Waals surface area contributed by atoms with Crippen molar-refractivity contribution in [3.63, 3.8) is 0 Å². The summed E-state index contributed by atoms with van der Waals surface area (Å²) in [4.78, 5) is 14.6. The number of carbonyl (C=O) groups excluding carboxylic acids is 1. The zero-order valence-electron chi connectivity index (χ0n) is 11.6. The van der Waals surface area contributed by atoms with E-state index in [1.54, 1.807) is 11.3 Å². The first-order valence-electron chi connectivity index (χ1n) is 6.97. The van der Waals surface area contributed by atoms with E-state index < -0.39 is 0 Å². The summed E-state index contributed by atoms with van der Waals surface area (Å²) in [6.45, 7) is 0.794. The van der Waals surface area contributed by atoms with Gasteiger partial charge in [-0.15, -0.1) is 11.3 Å². The maximum absolute atomic E-state index is 11.2. The van der Waals surface area contributed by atoms with Crippen LogP contribution in [-0.4, -0.2) is 29.7 Å². The van der Waals surface area contributed by atoms with Crippen molar-refractivity contribution in [1.29, 1.82) is 0 Å². The van der Waals surface area contributed by atoms with Gasteiger partial charge in [0, 0.05) is 17.8 Å². The Morgan fingerprint density at radius 3 is 2.81 bits per heavy atom. The van der Waals surface area contributed by atoms with Gasteiger partial charge >= 0.3 is 0 Å². The van der Waals surface area contributed by atoms with E-state index in [9.17, 15) is 4.79 Å². The minimum atomic E-state index is -0.344. The highest BCUT2D eigenvalue weighted by Crippen LogP contribution is 2.14. The number of aldehydes is 1. The SMILES string of the molecule is O=CC1NN=C(Cc2ccccc2)N1CCc1cccs1. The zero-order valence-corrected chi connectivity index (χ0v) is 12.4. The van der Waals surface area contributed by atoms with Crippen molar-refractivity contribution in [3.8, 4) is 0 Å². The van der Waals surface area contributed by atoms with E-state index in [2.05, 4.69) is 45.1 Å². The van der Waals surface area contributed by atoms with E-state index in [1.165, 1.54) is 10.4 Å². The predicted octanol–water partition coefficient (Wildman–Crippen LogP) is 2.28. The molecule has 0 spiro atoms. The molecular formula is C16H17N3OS. The van der Waals surface area contributed by atoms with Gasteiger partial charge in [-0.3, -0.25) is 10.2 Å². The Hall–Kier alpha value is -2.14. The van der Waals surface area contributed by atoms with Gasteiger partial charge in [0.25, 0.3) is 0 Å². The van der Waals surface area contributed by atoms with Crippen LogP contribution >= 0.6 is 11.3 Å². The maximum atomic E-state index is 11.2. The molecule has 2 aromatic rings. The highest BCUT2D eigenvalue weighted by molar-refractivity contribution is 7.09. The quantitative estimate of drug-likeness (QED) is 0.832. The minimum Gasteiger partial charge on any atom is -0.330 e. The van der Waals surface area contributed by atoms with Crippen LogP contribution in [-0.2, 0) is 17.6 Å². The molecule has 2 heterocycles. The van der Waals surface area contributed by atoms with Crippen molar-refractivity contribution in [3.05, 3.63) is 58.3 Å². The first-order chi connectivity index (χ1) is 10.4. The van der Waals surface area contributed by atoms with Crippen molar-refractivity contribution < 1.29 is 4.79 Å². The van der Waals surface area contributed by atoms with Crippen molar-refractivity contribution >= 4 is 23.5 Å². The fourth-order valence-electron chi connectivity index (χ4n) is 2.41. The Balaban J connectivity index is 1.68. The third kappa shape index (κ3) is 3.31. The molecule has 1 aromatic heterocycles. The third-order valence-corrected chi connectivity index (χ3v) is 4.44. The Kier molecular flexibility index (Phi) is 4.31. The van der Waals surface area contributed by atoms with Crippen molar-refractivity contribution in [2.45, 2.75) is 19.0 Å². The molecule has 0 fully saturated rings. The molecular weight excluding hydrogens is 282 g/mol. The second-order valence-corrected chi connectivity index (χ2v) is 5.96. The van der Waals surface area contributed by atoms with Gasteiger partial charge in [0.2, 0.25) is 0 Å². The summed E-state index contributed by atoms with van der Waals surface area (Å²) in [5, 5.41) is 6.41. The zero-order chi connectivity index (χ0) is 14.5. The molecule has 21 heavy (non-hydrogen) atoms. The number of rotatable bonds is 6. The molecule has 108 valence electrons. The van der Waals surface area contributed by atoms with E-state index in [0.717, 1.165) is 31.5 Å². The standard InChI is InChI=1S/C16H17N3OS/c20-12-16-18-17-15(11-13-5-2-1-3-6-13)19(16)9-8-14-7-4-10-21-14/h1-7,10,12,16,18H,8-9,11H2. The van der Waals surface area contributed by atoms with Gasteiger partial charge in [0.15, 0.2) is 12.5 Å². The van der Waals surface area contributed by atoms with Crippen LogP contribution in [0.25, 0.3) is 0 Å². The number of nitrogens with zero attached hydrogens (tertiary/aromatic N) is 2. The molecule has 0 amide bonds. The van der Waals surface area contributed by atoms with E-state index in [0.29, 0.717) is 0 Å². The number of hydrogen-bond acceptors (Lipinski definition) is 5. The lowest BCUT2D eigenvalue weighted by molar-refractivity contribution is -0.111. The molecule has 0 aliphatic carbocycles. The lowest BCUT2D eigenvalue weighted by Crippen LogP contribution is -2.43. The lowest BCUT2D eigenvalue weighted by Gasteiger charge is -2.23. The highest BCUT2D eigenvalue weighted by Gasteiger charge is 2.26. The second kappa shape index (κ2) is 6.54. The topological polar surface area (TPSA) is 44.7 Å². The highest BCUT2D eigenvalue weighted by atomic mass is 32.1. The molecule has 4 nitrogen and oxygen atoms in total. The average Bonchev–Trinajstić information content (AvgIpc) is 3.16. The molecule has 0 bridgehead atoms. The fourth-order valence-corrected chi connectivity index (χ4v) is 3.11. The van der Waals surface area contributed by atoms with Crippen molar-refractivity contribution in [2.75, 3.05) is 6.54 Å². The summed E-state index contributed by atoms with van der Waals surface area (Å²) >= 11 is 1.75. The van der Waals surface area contributed by atoms with E-state index in [4.69, 9.17) is 0 Å². The molecule has 0 saturated heterocycles. The van der Waals surface area contributed by atoms with Crippen LogP contribution in [0.1, 0.15) is 10.4 Å². The van der Waals surface area contributed by atoms with Gasteiger partial charge in [-0.2, -0.15) is 5.10 Å². The summed E-state index contributed by atoms with van der Waals surface area (Å²) in [7, 11) is 0. The Morgan fingerprint density at radius 2 is 2.10 bits per heavy atom. The Morgan fingerprint density at radius 1 is 1.24 bits per heavy atom. The van der Waals surface area contributed by atoms with Gasteiger partial charge in [0.1, 0.15) is 5.84 Å². The Bertz CT molecular complexity index is 610. The molecule has 1 unspecified atom stereocenters. The molecule has 1 N–H and O–H groups in total. The summed E-state index contributed by atoms with van der Waals surface area (Å²) in [6.07, 6.45) is 2.24. The monoisotopic (exact) mass is 299 g/mol. The van der Waals surface area contributed by atoms with Gasteiger partial charge < -0.3 is 4.90 Å². The van der Waals surface area contributed by atoms with Crippen LogP contribution < -0.4 is 5.43 Å². The number of hydrazone groups is 1. The summed E-state index contributed by atoms with van der Waals surface area (Å²) in [5.74, 6) is 0.926. The van der Waals surface area contributed by atoms with E-state index in [-0.39, 0.29) is 6.17 Å². The normalized spacial score (nSPS) is 17.4. The minimum absolute atomic E-state index is 0.344. The van der Waals surface area contributed by atoms with E-state index in [1.807, 2.05) is 18.2 Å². The van der Waals surface area contributed by atoms with Crippen LogP contribution in [0.15, 0.2) is 52.9 Å². The first-order valence-corrected chi connectivity index (χ1v) is 7.85. The molecule has 0 saturated carbocycles. The van der Waals surface area contributed by atoms with Crippen molar-refractivity contribution in [1.82, 2.24) is 10.3 Å². The van der Waals surface area contributed by atoms with Crippen LogP contribution in [0.5, 0.6) is 0 Å². The maximum Gasteiger partial charge on any atom is 0.172 e. The van der Waals surface area contributed by atoms with Gasteiger partial charge in [-0.05, 0) is 23.4 Å². The summed E-state index contributed by atoms with van der Waals surface area (Å²) < 4.78 is 0. The largest absolute Gasteiger partial charge is 0.330 e. The van der Waals surface area contributed by atoms with Crippen LogP contribution in [0, 0.1) is 0 Å². The third-order valence-electron chi connectivity index (χ3n) is 3.51. The second-order valence-electron chi connectivity index (χ2n) is 4.92. The number of benzene rings is 1. The number of carbonyl (C=O) groups is 1. The molecule has 1 aliphatic rings. The molecule has 1 aromatic carbocycles. The van der Waals surface area contributed by atoms with Crippen LogP contribution in [0.2, 0.25) is 0 Å². The summed E-state index contributed by atoms with van der Waals surface area (Å²) in [6, 6.07) is 14.4. The number of nitrogens with one attached hydrogen (secondary N) is 1. The fraction of sp³-hybridized carbons (Fsp3) is 0.250. The smallest absolute Gasteiger partial charge is 0.172 e. The van der Waals surface area contributed by atoms with Crippen LogP contribution in [0.4, 0.5) is 0 Å². The molecule has 1 aliphatic heterocycles. The number of amidine groups is 1. The number of hydrogen-bond donors (Lipinski definition) is 1. The number of thiophene rings is 1. The Labute approximate surface area is 128 Å². The van der Waals surface area contributed by atoms with Crippen LogP contribution in [0.3, 0.4) is 0 Å².